The molecule has 1 fully saturated rings. The van der Waals surface area contributed by atoms with Gasteiger partial charge in [-0.3, -0.25) is 9.59 Å². The number of aryl methyl sites for hydroxylation is 1. The van der Waals surface area contributed by atoms with Crippen molar-refractivity contribution in [1.82, 2.24) is 19.8 Å². The highest BCUT2D eigenvalue weighted by molar-refractivity contribution is 7.08. The lowest BCUT2D eigenvalue weighted by Gasteiger charge is -2.40. The van der Waals surface area contributed by atoms with Gasteiger partial charge in [-0.1, -0.05) is 17.8 Å². The molecule has 0 atom stereocenters. The Balaban J connectivity index is 2.28. The zero-order chi connectivity index (χ0) is 14.0. The quantitative estimate of drug-likeness (QED) is 0.891. The lowest BCUT2D eigenvalue weighted by molar-refractivity contribution is -0.133. The highest BCUT2D eigenvalue weighted by atomic mass is 32.1. The Bertz CT molecular complexity index is 498. The van der Waals surface area contributed by atoms with E-state index in [2.05, 4.69) is 14.9 Å². The maximum absolute atomic E-state index is 12.6. The predicted molar refractivity (Wildman–Crippen MR) is 72.0 cm³/mol. The van der Waals surface area contributed by atoms with Gasteiger partial charge in [0.2, 0.25) is 5.91 Å². The number of nitrogens with one attached hydrogen (secondary N) is 1. The van der Waals surface area contributed by atoms with Crippen LogP contribution in [0.15, 0.2) is 0 Å². The van der Waals surface area contributed by atoms with Crippen LogP contribution in [0.4, 0.5) is 0 Å². The molecule has 6 nitrogen and oxygen atoms in total. The molecule has 1 aliphatic rings. The van der Waals surface area contributed by atoms with Crippen LogP contribution in [0.3, 0.4) is 0 Å². The van der Waals surface area contributed by atoms with Crippen LogP contribution in [0.1, 0.15) is 42.6 Å². The number of carbonyl (C=O) groups excluding carboxylic acids is 2. The SMILES string of the molecule is CCCc1nnsc1C(=O)N1CCNC(=O)C1(C)C. The van der Waals surface area contributed by atoms with Crippen molar-refractivity contribution in [2.75, 3.05) is 13.1 Å². The molecule has 19 heavy (non-hydrogen) atoms. The number of amides is 2. The molecule has 0 bridgehead atoms. The van der Waals surface area contributed by atoms with Crippen molar-refractivity contribution >= 4 is 23.3 Å². The normalized spacial score (nSPS) is 18.3. The number of nitrogens with zero attached hydrogens (tertiary/aromatic N) is 3. The first-order chi connectivity index (χ1) is 8.98. The molecule has 0 unspecified atom stereocenters. The van der Waals surface area contributed by atoms with Crippen molar-refractivity contribution in [3.05, 3.63) is 10.6 Å². The first-order valence-corrected chi connectivity index (χ1v) is 7.17. The fourth-order valence-corrected chi connectivity index (χ4v) is 2.81. The van der Waals surface area contributed by atoms with Crippen LogP contribution in [0.5, 0.6) is 0 Å². The van der Waals surface area contributed by atoms with E-state index in [-0.39, 0.29) is 11.8 Å². The molecule has 2 rings (SSSR count). The zero-order valence-electron chi connectivity index (χ0n) is 11.4. The fourth-order valence-electron chi connectivity index (χ4n) is 2.15. The molecule has 1 aromatic rings. The Morgan fingerprint density at radius 1 is 1.53 bits per heavy atom. The molecule has 1 aliphatic heterocycles. The van der Waals surface area contributed by atoms with Crippen molar-refractivity contribution in [2.24, 2.45) is 0 Å². The molecule has 0 aliphatic carbocycles. The Kier molecular flexibility index (Phi) is 3.84. The van der Waals surface area contributed by atoms with E-state index >= 15 is 0 Å². The van der Waals surface area contributed by atoms with E-state index in [9.17, 15) is 9.59 Å². The summed E-state index contributed by atoms with van der Waals surface area (Å²) < 4.78 is 3.87. The largest absolute Gasteiger partial charge is 0.352 e. The van der Waals surface area contributed by atoms with E-state index in [1.54, 1.807) is 18.7 Å². The van der Waals surface area contributed by atoms with Gasteiger partial charge in [-0.15, -0.1) is 5.10 Å². The number of rotatable bonds is 3. The minimum Gasteiger partial charge on any atom is -0.352 e. The first-order valence-electron chi connectivity index (χ1n) is 6.40. The summed E-state index contributed by atoms with van der Waals surface area (Å²) in [6.45, 7) is 6.55. The third-order valence-electron chi connectivity index (χ3n) is 3.33. The maximum Gasteiger partial charge on any atom is 0.268 e. The number of hydrogen-bond acceptors (Lipinski definition) is 5. The number of carbonyl (C=O) groups is 2. The number of piperazine rings is 1. The van der Waals surface area contributed by atoms with Gasteiger partial charge < -0.3 is 10.2 Å². The molecule has 0 saturated carbocycles. The molecule has 104 valence electrons. The predicted octanol–water partition coefficient (Wildman–Crippen LogP) is 0.841. The third kappa shape index (κ3) is 2.47. The van der Waals surface area contributed by atoms with Gasteiger partial charge in [0.15, 0.2) is 0 Å². The molecule has 1 N–H and O–H groups in total. The standard InChI is InChI=1S/C12H18N4O2S/c1-4-5-8-9(19-15-14-8)10(17)16-7-6-13-11(18)12(16,2)3/h4-7H2,1-3H3,(H,13,18). The second-order valence-electron chi connectivity index (χ2n) is 5.07. The van der Waals surface area contributed by atoms with Crippen LogP contribution < -0.4 is 5.32 Å². The molecule has 0 spiro atoms. The Labute approximate surface area is 116 Å². The zero-order valence-corrected chi connectivity index (χ0v) is 12.2. The van der Waals surface area contributed by atoms with Crippen molar-refractivity contribution < 1.29 is 9.59 Å². The van der Waals surface area contributed by atoms with Gasteiger partial charge in [0.25, 0.3) is 5.91 Å². The Hall–Kier alpha value is -1.50. The second kappa shape index (κ2) is 5.24. The summed E-state index contributed by atoms with van der Waals surface area (Å²) in [4.78, 5) is 26.6. The smallest absolute Gasteiger partial charge is 0.268 e. The van der Waals surface area contributed by atoms with Gasteiger partial charge in [0.1, 0.15) is 10.4 Å². The summed E-state index contributed by atoms with van der Waals surface area (Å²) in [6.07, 6.45) is 1.65. The first kappa shape index (κ1) is 13.9. The lowest BCUT2D eigenvalue weighted by Crippen LogP contribution is -2.63. The highest BCUT2D eigenvalue weighted by Gasteiger charge is 2.41. The van der Waals surface area contributed by atoms with Crippen LogP contribution in [0.2, 0.25) is 0 Å². The molecule has 2 heterocycles. The van der Waals surface area contributed by atoms with Gasteiger partial charge >= 0.3 is 0 Å². The van der Waals surface area contributed by atoms with Crippen molar-refractivity contribution in [1.29, 1.82) is 0 Å². The fraction of sp³-hybridized carbons (Fsp3) is 0.667. The van der Waals surface area contributed by atoms with Crippen LogP contribution >= 0.6 is 11.5 Å². The van der Waals surface area contributed by atoms with Crippen molar-refractivity contribution in [3.8, 4) is 0 Å². The van der Waals surface area contributed by atoms with E-state index in [0.29, 0.717) is 18.0 Å². The molecule has 0 radical (unpaired) electrons. The van der Waals surface area contributed by atoms with Crippen LogP contribution in [-0.2, 0) is 11.2 Å². The van der Waals surface area contributed by atoms with E-state index in [4.69, 9.17) is 0 Å². The summed E-state index contributed by atoms with van der Waals surface area (Å²) in [6, 6.07) is 0. The average Bonchev–Trinajstić information content (AvgIpc) is 2.80. The lowest BCUT2D eigenvalue weighted by atomic mass is 9.98. The van der Waals surface area contributed by atoms with Crippen molar-refractivity contribution in [2.45, 2.75) is 39.2 Å². The van der Waals surface area contributed by atoms with Gasteiger partial charge in [-0.2, -0.15) is 0 Å². The molecule has 1 aromatic heterocycles. The van der Waals surface area contributed by atoms with Crippen LogP contribution in [-0.4, -0.2) is 44.9 Å². The van der Waals surface area contributed by atoms with Gasteiger partial charge in [-0.25, -0.2) is 0 Å². The monoisotopic (exact) mass is 282 g/mol. The Morgan fingerprint density at radius 3 is 2.95 bits per heavy atom. The molecular formula is C12H18N4O2S. The van der Waals surface area contributed by atoms with Gasteiger partial charge in [0, 0.05) is 13.1 Å². The van der Waals surface area contributed by atoms with E-state index in [0.717, 1.165) is 30.1 Å². The van der Waals surface area contributed by atoms with E-state index in [1.165, 1.54) is 0 Å². The number of hydrogen-bond donors (Lipinski definition) is 1. The Morgan fingerprint density at radius 2 is 2.26 bits per heavy atom. The van der Waals surface area contributed by atoms with E-state index in [1.807, 2.05) is 6.92 Å². The highest BCUT2D eigenvalue weighted by Crippen LogP contribution is 2.23. The summed E-state index contributed by atoms with van der Waals surface area (Å²) in [5.41, 5.74) is -0.0951. The van der Waals surface area contributed by atoms with Gasteiger partial charge in [0.05, 0.1) is 5.69 Å². The minimum absolute atomic E-state index is 0.124. The summed E-state index contributed by atoms with van der Waals surface area (Å²) in [7, 11) is 0. The number of aromatic nitrogens is 2. The van der Waals surface area contributed by atoms with E-state index < -0.39 is 5.54 Å². The topological polar surface area (TPSA) is 75.2 Å². The average molecular weight is 282 g/mol. The summed E-state index contributed by atoms with van der Waals surface area (Å²) >= 11 is 1.11. The molecule has 7 heteroatoms. The summed E-state index contributed by atoms with van der Waals surface area (Å²) in [5.74, 6) is -0.264. The molecule has 2 amide bonds. The van der Waals surface area contributed by atoms with Crippen LogP contribution in [0.25, 0.3) is 0 Å². The molecular weight excluding hydrogens is 264 g/mol. The summed E-state index contributed by atoms with van der Waals surface area (Å²) in [5, 5.41) is 6.79. The van der Waals surface area contributed by atoms with Gasteiger partial charge in [-0.05, 0) is 31.8 Å². The molecule has 0 aromatic carbocycles. The minimum atomic E-state index is -0.831. The van der Waals surface area contributed by atoms with Crippen molar-refractivity contribution in [3.63, 3.8) is 0 Å². The second-order valence-corrected chi connectivity index (χ2v) is 5.82. The molecule has 1 saturated heterocycles. The maximum atomic E-state index is 12.6. The van der Waals surface area contributed by atoms with Crippen LogP contribution in [0, 0.1) is 0 Å². The third-order valence-corrected chi connectivity index (χ3v) is 4.09.